The van der Waals surface area contributed by atoms with Crippen molar-refractivity contribution in [2.45, 2.75) is 50.3 Å². The number of sulfonamides is 1. The fourth-order valence-electron chi connectivity index (χ4n) is 3.35. The van der Waals surface area contributed by atoms with Gasteiger partial charge in [-0.1, -0.05) is 6.42 Å². The van der Waals surface area contributed by atoms with E-state index in [2.05, 4.69) is 5.32 Å². The SMILES string of the molecule is CNCC(C)S(=O)(=O)N1CCCC2CCCC21. The van der Waals surface area contributed by atoms with Gasteiger partial charge >= 0.3 is 0 Å². The normalized spacial score (nSPS) is 32.4. The smallest absolute Gasteiger partial charge is 0.218 e. The molecule has 17 heavy (non-hydrogen) atoms. The zero-order chi connectivity index (χ0) is 12.5. The van der Waals surface area contributed by atoms with E-state index in [4.69, 9.17) is 0 Å². The van der Waals surface area contributed by atoms with Gasteiger partial charge < -0.3 is 5.32 Å². The van der Waals surface area contributed by atoms with Crippen LogP contribution in [0.3, 0.4) is 0 Å². The van der Waals surface area contributed by atoms with E-state index in [-0.39, 0.29) is 5.25 Å². The maximum atomic E-state index is 12.5. The predicted octanol–water partition coefficient (Wildman–Crippen LogP) is 1.19. The van der Waals surface area contributed by atoms with Gasteiger partial charge in [-0.2, -0.15) is 4.31 Å². The van der Waals surface area contributed by atoms with Gasteiger partial charge in [0.15, 0.2) is 0 Å². The molecule has 0 aromatic heterocycles. The lowest BCUT2D eigenvalue weighted by molar-refractivity contribution is 0.200. The molecule has 2 rings (SSSR count). The topological polar surface area (TPSA) is 49.4 Å². The Kier molecular flexibility index (Phi) is 4.10. The van der Waals surface area contributed by atoms with Gasteiger partial charge in [0.1, 0.15) is 0 Å². The van der Waals surface area contributed by atoms with Crippen LogP contribution in [0.15, 0.2) is 0 Å². The van der Waals surface area contributed by atoms with Crippen molar-refractivity contribution in [3.8, 4) is 0 Å². The molecule has 0 aromatic carbocycles. The maximum Gasteiger partial charge on any atom is 0.218 e. The zero-order valence-electron chi connectivity index (χ0n) is 10.9. The number of nitrogens with one attached hydrogen (secondary N) is 1. The number of piperidine rings is 1. The van der Waals surface area contributed by atoms with Crippen molar-refractivity contribution in [3.05, 3.63) is 0 Å². The van der Waals surface area contributed by atoms with Crippen LogP contribution in [0.4, 0.5) is 0 Å². The van der Waals surface area contributed by atoms with Crippen molar-refractivity contribution in [2.75, 3.05) is 20.1 Å². The van der Waals surface area contributed by atoms with Crippen LogP contribution in [-0.2, 0) is 10.0 Å². The molecule has 5 heteroatoms. The lowest BCUT2D eigenvalue weighted by Gasteiger charge is -2.38. The molecule has 0 aromatic rings. The summed E-state index contributed by atoms with van der Waals surface area (Å²) in [5.74, 6) is 0.625. The minimum Gasteiger partial charge on any atom is -0.318 e. The number of rotatable bonds is 4. The zero-order valence-corrected chi connectivity index (χ0v) is 11.7. The Morgan fingerprint density at radius 3 is 2.71 bits per heavy atom. The number of hydrogen-bond acceptors (Lipinski definition) is 3. The Bertz CT molecular complexity index is 356. The molecule has 2 aliphatic rings. The van der Waals surface area contributed by atoms with Crippen LogP contribution in [0.1, 0.15) is 39.0 Å². The average molecular weight is 260 g/mol. The first-order valence-electron chi connectivity index (χ1n) is 6.72. The standard InChI is InChI=1S/C12H24N2O2S/c1-10(9-13-2)17(15,16)14-8-4-6-11-5-3-7-12(11)14/h10-13H,3-9H2,1-2H3. The summed E-state index contributed by atoms with van der Waals surface area (Å²) in [7, 11) is -1.30. The molecule has 1 N–H and O–H groups in total. The number of hydrogen-bond donors (Lipinski definition) is 1. The van der Waals surface area contributed by atoms with E-state index >= 15 is 0 Å². The molecule has 0 radical (unpaired) electrons. The average Bonchev–Trinajstić information content (AvgIpc) is 2.76. The third kappa shape index (κ3) is 2.51. The second-order valence-electron chi connectivity index (χ2n) is 5.42. The van der Waals surface area contributed by atoms with Crippen molar-refractivity contribution in [1.82, 2.24) is 9.62 Å². The predicted molar refractivity (Wildman–Crippen MR) is 69.4 cm³/mol. The first kappa shape index (κ1) is 13.3. The highest BCUT2D eigenvalue weighted by atomic mass is 32.2. The number of nitrogens with zero attached hydrogens (tertiary/aromatic N) is 1. The molecule has 4 nitrogen and oxygen atoms in total. The van der Waals surface area contributed by atoms with Crippen molar-refractivity contribution in [2.24, 2.45) is 5.92 Å². The highest BCUT2D eigenvalue weighted by molar-refractivity contribution is 7.89. The van der Waals surface area contributed by atoms with Gasteiger partial charge in [-0.3, -0.25) is 0 Å². The van der Waals surface area contributed by atoms with Gasteiger partial charge in [0.2, 0.25) is 10.0 Å². The fraction of sp³-hybridized carbons (Fsp3) is 1.00. The Labute approximate surface area is 105 Å². The third-order valence-electron chi connectivity index (χ3n) is 4.27. The quantitative estimate of drug-likeness (QED) is 0.826. The second-order valence-corrected chi connectivity index (χ2v) is 7.73. The van der Waals surface area contributed by atoms with Crippen LogP contribution in [0.5, 0.6) is 0 Å². The summed E-state index contributed by atoms with van der Waals surface area (Å²) in [6.07, 6.45) is 5.73. The molecule has 3 atom stereocenters. The molecular formula is C12H24N2O2S. The maximum absolute atomic E-state index is 12.5. The van der Waals surface area contributed by atoms with E-state index in [1.54, 1.807) is 7.05 Å². The monoisotopic (exact) mass is 260 g/mol. The summed E-state index contributed by atoms with van der Waals surface area (Å²) >= 11 is 0. The summed E-state index contributed by atoms with van der Waals surface area (Å²) < 4.78 is 26.8. The molecule has 1 aliphatic carbocycles. The van der Waals surface area contributed by atoms with Gasteiger partial charge in [0, 0.05) is 19.1 Å². The van der Waals surface area contributed by atoms with Crippen LogP contribution in [-0.4, -0.2) is 44.2 Å². The van der Waals surface area contributed by atoms with Crippen molar-refractivity contribution in [3.63, 3.8) is 0 Å². The minimum absolute atomic E-state index is 0.299. The largest absolute Gasteiger partial charge is 0.318 e. The van der Waals surface area contributed by atoms with E-state index in [9.17, 15) is 8.42 Å². The molecule has 1 aliphatic heterocycles. The lowest BCUT2D eigenvalue weighted by Crippen LogP contribution is -2.50. The van der Waals surface area contributed by atoms with Crippen LogP contribution < -0.4 is 5.32 Å². The van der Waals surface area contributed by atoms with Crippen LogP contribution in [0.2, 0.25) is 0 Å². The molecule has 1 saturated heterocycles. The Morgan fingerprint density at radius 1 is 1.29 bits per heavy atom. The molecule has 1 saturated carbocycles. The molecule has 2 fully saturated rings. The van der Waals surface area contributed by atoms with Gasteiger partial charge in [-0.15, -0.1) is 0 Å². The summed E-state index contributed by atoms with van der Waals surface area (Å²) in [6.45, 7) is 3.08. The summed E-state index contributed by atoms with van der Waals surface area (Å²) in [5, 5.41) is 2.65. The van der Waals surface area contributed by atoms with E-state index in [1.807, 2.05) is 11.2 Å². The molecule has 3 unspecified atom stereocenters. The summed E-state index contributed by atoms with van der Waals surface area (Å²) in [4.78, 5) is 0. The van der Waals surface area contributed by atoms with Crippen molar-refractivity contribution in [1.29, 1.82) is 0 Å². The van der Waals surface area contributed by atoms with E-state index < -0.39 is 10.0 Å². The Morgan fingerprint density at radius 2 is 2.00 bits per heavy atom. The van der Waals surface area contributed by atoms with E-state index in [0.29, 0.717) is 18.5 Å². The van der Waals surface area contributed by atoms with Gasteiger partial charge in [0.25, 0.3) is 0 Å². The first-order chi connectivity index (χ1) is 8.07. The third-order valence-corrected chi connectivity index (χ3v) is 6.56. The molecule has 0 bridgehead atoms. The lowest BCUT2D eigenvalue weighted by atomic mass is 9.94. The molecule has 100 valence electrons. The first-order valence-corrected chi connectivity index (χ1v) is 8.23. The highest BCUT2D eigenvalue weighted by Crippen LogP contribution is 2.38. The van der Waals surface area contributed by atoms with E-state index in [0.717, 1.165) is 19.4 Å². The Hall–Kier alpha value is -0.130. The summed E-state index contributed by atoms with van der Waals surface area (Å²) in [6, 6.07) is 0.299. The van der Waals surface area contributed by atoms with Gasteiger partial charge in [0.05, 0.1) is 5.25 Å². The molecular weight excluding hydrogens is 236 g/mol. The summed E-state index contributed by atoms with van der Waals surface area (Å²) in [5.41, 5.74) is 0. The Balaban J connectivity index is 2.14. The number of fused-ring (bicyclic) bond motifs is 1. The minimum atomic E-state index is -3.11. The molecule has 0 amide bonds. The van der Waals surface area contributed by atoms with Crippen LogP contribution in [0.25, 0.3) is 0 Å². The highest BCUT2D eigenvalue weighted by Gasteiger charge is 2.42. The molecule has 1 heterocycles. The second kappa shape index (κ2) is 5.24. The van der Waals surface area contributed by atoms with Gasteiger partial charge in [-0.25, -0.2) is 8.42 Å². The van der Waals surface area contributed by atoms with Crippen molar-refractivity contribution < 1.29 is 8.42 Å². The van der Waals surface area contributed by atoms with E-state index in [1.165, 1.54) is 19.3 Å². The molecule has 0 spiro atoms. The van der Waals surface area contributed by atoms with Crippen molar-refractivity contribution >= 4 is 10.0 Å². The van der Waals surface area contributed by atoms with Crippen LogP contribution >= 0.6 is 0 Å². The van der Waals surface area contributed by atoms with Crippen LogP contribution in [0, 0.1) is 5.92 Å². The fourth-order valence-corrected chi connectivity index (χ4v) is 5.23. The van der Waals surface area contributed by atoms with Gasteiger partial charge in [-0.05, 0) is 45.6 Å².